The number of rotatable bonds is 5. The number of amides is 1. The molecule has 2 aliphatic heterocycles. The highest BCUT2D eigenvalue weighted by atomic mass is 19.3. The van der Waals surface area contributed by atoms with Crippen molar-refractivity contribution in [2.45, 2.75) is 83.3 Å². The summed E-state index contributed by atoms with van der Waals surface area (Å²) in [6, 6.07) is 8.10. The van der Waals surface area contributed by atoms with Crippen LogP contribution >= 0.6 is 0 Å². The van der Waals surface area contributed by atoms with Crippen molar-refractivity contribution in [1.82, 2.24) is 20.2 Å². The third-order valence-electron chi connectivity index (χ3n) is 9.24. The number of carbonyl (C=O) groups excluding carboxylic acids is 1. The molecule has 0 unspecified atom stereocenters. The molecule has 40 heavy (non-hydrogen) atoms. The Morgan fingerprint density at radius 3 is 2.55 bits per heavy atom. The van der Waals surface area contributed by atoms with Crippen molar-refractivity contribution in [2.75, 3.05) is 11.4 Å². The normalized spacial score (nSPS) is 22.5. The lowest BCUT2D eigenvalue weighted by atomic mass is 9.75. The molecule has 0 radical (unpaired) electrons. The van der Waals surface area contributed by atoms with Gasteiger partial charge in [0, 0.05) is 73.4 Å². The predicted octanol–water partition coefficient (Wildman–Crippen LogP) is 6.37. The molecule has 212 valence electrons. The average Bonchev–Trinajstić information content (AvgIpc) is 3.58. The minimum atomic E-state index is -2.62. The summed E-state index contributed by atoms with van der Waals surface area (Å²) in [5.74, 6) is 0.372. The fourth-order valence-corrected chi connectivity index (χ4v) is 6.80. The second-order valence-electron chi connectivity index (χ2n) is 12.0. The van der Waals surface area contributed by atoms with Gasteiger partial charge in [0.2, 0.25) is 5.91 Å². The van der Waals surface area contributed by atoms with Crippen LogP contribution in [0.2, 0.25) is 0 Å². The van der Waals surface area contributed by atoms with E-state index in [0.29, 0.717) is 30.1 Å². The summed E-state index contributed by atoms with van der Waals surface area (Å²) in [7, 11) is 1.79. The standard InChI is InChI=1S/C31H37F2N5O2/c1-19(39)37-17-23-11-22(20-6-8-31(2,35-40)9-7-20)13-29(27(23)18-37)38-10-4-5-21-12-25(24-15-34-36(3)16-24)26(30(32)33)14-28(21)38/h11-16,20,30,35,40H,4-10,17-18H2,1-3H3. The summed E-state index contributed by atoms with van der Waals surface area (Å²) < 4.78 is 30.6. The van der Waals surface area contributed by atoms with Gasteiger partial charge < -0.3 is 15.0 Å². The van der Waals surface area contributed by atoms with Crippen LogP contribution in [-0.2, 0) is 31.4 Å². The molecule has 6 rings (SSSR count). The highest BCUT2D eigenvalue weighted by Crippen LogP contribution is 2.46. The first-order chi connectivity index (χ1) is 19.2. The van der Waals surface area contributed by atoms with Crippen LogP contribution < -0.4 is 10.4 Å². The largest absolute Gasteiger partial charge is 0.341 e. The first-order valence-electron chi connectivity index (χ1n) is 14.2. The van der Waals surface area contributed by atoms with Crippen LogP contribution in [0.15, 0.2) is 36.7 Å². The van der Waals surface area contributed by atoms with Crippen molar-refractivity contribution in [3.8, 4) is 11.1 Å². The van der Waals surface area contributed by atoms with E-state index in [-0.39, 0.29) is 17.0 Å². The number of hydrogen-bond donors (Lipinski definition) is 2. The number of aryl methyl sites for hydroxylation is 2. The second-order valence-corrected chi connectivity index (χ2v) is 12.0. The predicted molar refractivity (Wildman–Crippen MR) is 150 cm³/mol. The molecule has 3 heterocycles. The second kappa shape index (κ2) is 10.3. The smallest absolute Gasteiger partial charge is 0.264 e. The van der Waals surface area contributed by atoms with Crippen LogP contribution in [0.3, 0.4) is 0 Å². The monoisotopic (exact) mass is 549 g/mol. The summed E-state index contributed by atoms with van der Waals surface area (Å²) in [4.78, 5) is 16.4. The lowest BCUT2D eigenvalue weighted by Crippen LogP contribution is -2.43. The fraction of sp³-hybridized carbons (Fsp3) is 0.484. The van der Waals surface area contributed by atoms with Gasteiger partial charge in [-0.05, 0) is 91.8 Å². The van der Waals surface area contributed by atoms with E-state index in [1.807, 2.05) is 17.9 Å². The van der Waals surface area contributed by atoms with Gasteiger partial charge in [-0.2, -0.15) is 10.6 Å². The number of aromatic nitrogens is 2. The molecule has 1 amide bonds. The molecular weight excluding hydrogens is 512 g/mol. The molecule has 0 saturated heterocycles. The number of benzene rings is 2. The molecule has 3 aromatic rings. The Morgan fingerprint density at radius 1 is 1.12 bits per heavy atom. The van der Waals surface area contributed by atoms with Crippen LogP contribution in [0, 0.1) is 0 Å². The average molecular weight is 550 g/mol. The van der Waals surface area contributed by atoms with Crippen molar-refractivity contribution >= 4 is 17.3 Å². The molecule has 2 N–H and O–H groups in total. The van der Waals surface area contributed by atoms with E-state index in [1.165, 1.54) is 5.56 Å². The first kappa shape index (κ1) is 26.9. The van der Waals surface area contributed by atoms with Gasteiger partial charge in [0.1, 0.15) is 0 Å². The molecule has 1 aromatic heterocycles. The van der Waals surface area contributed by atoms with E-state index in [4.69, 9.17) is 0 Å². The number of hydroxylamine groups is 1. The third kappa shape index (κ3) is 4.79. The summed E-state index contributed by atoms with van der Waals surface area (Å²) in [5.41, 5.74) is 9.86. The summed E-state index contributed by atoms with van der Waals surface area (Å²) in [6.07, 6.45) is 6.14. The van der Waals surface area contributed by atoms with Gasteiger partial charge in [-0.3, -0.25) is 9.48 Å². The van der Waals surface area contributed by atoms with Crippen molar-refractivity contribution < 1.29 is 18.8 Å². The van der Waals surface area contributed by atoms with E-state index in [0.717, 1.165) is 73.1 Å². The topological polar surface area (TPSA) is 73.6 Å². The van der Waals surface area contributed by atoms with Crippen LogP contribution in [0.5, 0.6) is 0 Å². The molecule has 9 heteroatoms. The Labute approximate surface area is 233 Å². The van der Waals surface area contributed by atoms with E-state index in [9.17, 15) is 18.8 Å². The molecule has 2 aromatic carbocycles. The fourth-order valence-electron chi connectivity index (χ4n) is 6.80. The van der Waals surface area contributed by atoms with Gasteiger partial charge in [0.15, 0.2) is 0 Å². The first-order valence-corrected chi connectivity index (χ1v) is 14.2. The zero-order valence-electron chi connectivity index (χ0n) is 23.4. The molecule has 0 bridgehead atoms. The van der Waals surface area contributed by atoms with Crippen LogP contribution in [0.25, 0.3) is 11.1 Å². The number of carbonyl (C=O) groups is 1. The van der Waals surface area contributed by atoms with Crippen molar-refractivity contribution in [2.24, 2.45) is 7.05 Å². The number of nitrogens with zero attached hydrogens (tertiary/aromatic N) is 4. The Hall–Kier alpha value is -3.30. The maximum absolute atomic E-state index is 14.5. The van der Waals surface area contributed by atoms with Crippen molar-refractivity contribution in [3.05, 3.63) is 64.5 Å². The van der Waals surface area contributed by atoms with Gasteiger partial charge in [-0.15, -0.1) is 0 Å². The van der Waals surface area contributed by atoms with Crippen LogP contribution in [0.4, 0.5) is 20.2 Å². The number of halogens is 2. The molecule has 1 aliphatic carbocycles. The Bertz CT molecular complexity index is 1440. The zero-order chi connectivity index (χ0) is 28.2. The minimum Gasteiger partial charge on any atom is -0.341 e. The Morgan fingerprint density at radius 2 is 1.90 bits per heavy atom. The molecule has 0 atom stereocenters. The van der Waals surface area contributed by atoms with Crippen molar-refractivity contribution in [1.29, 1.82) is 0 Å². The van der Waals surface area contributed by atoms with Gasteiger partial charge in [0.05, 0.1) is 6.20 Å². The number of fused-ring (bicyclic) bond motifs is 2. The molecular formula is C31H37F2N5O2. The minimum absolute atomic E-state index is 0.0138. The number of anilines is 2. The van der Waals surface area contributed by atoms with Gasteiger partial charge in [-0.25, -0.2) is 8.78 Å². The molecule has 0 spiro atoms. The maximum Gasteiger partial charge on any atom is 0.264 e. The van der Waals surface area contributed by atoms with Gasteiger partial charge in [0.25, 0.3) is 6.43 Å². The highest BCUT2D eigenvalue weighted by Gasteiger charge is 2.34. The van der Waals surface area contributed by atoms with E-state index in [1.54, 1.807) is 37.1 Å². The SMILES string of the molecule is CC(=O)N1Cc2cc(C3CCC(C)(NO)CC3)cc(N3CCCc4cc(-c5cnn(C)c5)c(C(F)F)cc43)c2C1. The van der Waals surface area contributed by atoms with Crippen LogP contribution in [0.1, 0.15) is 86.1 Å². The molecule has 1 saturated carbocycles. The quantitative estimate of drug-likeness (QED) is 0.362. The lowest BCUT2D eigenvalue weighted by Gasteiger charge is -2.37. The number of alkyl halides is 2. The Kier molecular flexibility index (Phi) is 6.91. The van der Waals surface area contributed by atoms with Crippen molar-refractivity contribution in [3.63, 3.8) is 0 Å². The summed E-state index contributed by atoms with van der Waals surface area (Å²) in [5, 5.41) is 13.8. The van der Waals surface area contributed by atoms with Crippen LogP contribution in [-0.4, -0.2) is 37.9 Å². The van der Waals surface area contributed by atoms with Gasteiger partial charge in [-0.1, -0.05) is 6.07 Å². The van der Waals surface area contributed by atoms with E-state index >= 15 is 0 Å². The maximum atomic E-state index is 14.5. The highest BCUT2D eigenvalue weighted by molar-refractivity contribution is 5.80. The summed E-state index contributed by atoms with van der Waals surface area (Å²) in [6.45, 7) is 5.47. The summed E-state index contributed by atoms with van der Waals surface area (Å²) >= 11 is 0. The molecule has 3 aliphatic rings. The Balaban J connectivity index is 1.44. The zero-order valence-corrected chi connectivity index (χ0v) is 23.4. The molecule has 7 nitrogen and oxygen atoms in total. The lowest BCUT2D eigenvalue weighted by molar-refractivity contribution is -0.129. The molecule has 1 fully saturated rings. The number of nitrogens with one attached hydrogen (secondary N) is 1. The van der Waals surface area contributed by atoms with Gasteiger partial charge >= 0.3 is 0 Å². The van der Waals surface area contributed by atoms with E-state index < -0.39 is 6.43 Å². The third-order valence-corrected chi connectivity index (χ3v) is 9.24. The van der Waals surface area contributed by atoms with E-state index in [2.05, 4.69) is 27.6 Å². The number of hydrogen-bond acceptors (Lipinski definition) is 5.